The van der Waals surface area contributed by atoms with Crippen LogP contribution in [0, 0.1) is 0 Å². The van der Waals surface area contributed by atoms with E-state index in [0.717, 1.165) is 36.8 Å². The number of thiophene rings is 1. The van der Waals surface area contributed by atoms with Gasteiger partial charge in [0.2, 0.25) is 0 Å². The number of benzene rings is 1. The van der Waals surface area contributed by atoms with Gasteiger partial charge in [0.25, 0.3) is 5.91 Å². The van der Waals surface area contributed by atoms with Gasteiger partial charge < -0.3 is 10.1 Å². The van der Waals surface area contributed by atoms with Gasteiger partial charge in [0.1, 0.15) is 5.00 Å². The zero-order valence-electron chi connectivity index (χ0n) is 17.9. The standard InChI is InChI=1S/C23H28N2O3S2/c1-5-28-21(27)18-16-8-6-7-9-17(16)30-20(18)25-22(29)24-19(26)14-10-12-15(13-11-14)23(2,3)4/h10-13H,5-9H2,1-4H3,(H2,24,25,26,29). The minimum Gasteiger partial charge on any atom is -0.462 e. The van der Waals surface area contributed by atoms with Gasteiger partial charge in [0, 0.05) is 10.4 Å². The van der Waals surface area contributed by atoms with Crippen LogP contribution in [-0.2, 0) is 23.0 Å². The first-order valence-corrected chi connectivity index (χ1v) is 11.5. The van der Waals surface area contributed by atoms with E-state index in [1.54, 1.807) is 19.1 Å². The third kappa shape index (κ3) is 5.08. The fourth-order valence-electron chi connectivity index (χ4n) is 3.50. The number of hydrogen-bond donors (Lipinski definition) is 2. The average Bonchev–Trinajstić information content (AvgIpc) is 3.05. The Morgan fingerprint density at radius 1 is 1.13 bits per heavy atom. The molecule has 0 fully saturated rings. The number of hydrogen-bond acceptors (Lipinski definition) is 5. The Morgan fingerprint density at radius 3 is 2.43 bits per heavy atom. The molecule has 7 heteroatoms. The highest BCUT2D eigenvalue weighted by atomic mass is 32.1. The smallest absolute Gasteiger partial charge is 0.341 e. The summed E-state index contributed by atoms with van der Waals surface area (Å²) in [6.07, 6.45) is 3.98. The second kappa shape index (κ2) is 9.27. The molecule has 0 bridgehead atoms. The highest BCUT2D eigenvalue weighted by Gasteiger charge is 2.27. The van der Waals surface area contributed by atoms with Crippen molar-refractivity contribution in [2.24, 2.45) is 0 Å². The molecular formula is C23H28N2O3S2. The molecule has 0 atom stereocenters. The second-order valence-electron chi connectivity index (χ2n) is 8.37. The van der Waals surface area contributed by atoms with Crippen molar-refractivity contribution in [2.75, 3.05) is 11.9 Å². The number of amides is 1. The summed E-state index contributed by atoms with van der Waals surface area (Å²) in [6, 6.07) is 7.51. The van der Waals surface area contributed by atoms with Crippen LogP contribution in [0.4, 0.5) is 5.00 Å². The van der Waals surface area contributed by atoms with Crippen LogP contribution >= 0.6 is 23.6 Å². The molecule has 30 heavy (non-hydrogen) atoms. The second-order valence-corrected chi connectivity index (χ2v) is 9.88. The van der Waals surface area contributed by atoms with E-state index >= 15 is 0 Å². The Kier molecular flexibility index (Phi) is 6.93. The molecule has 0 radical (unpaired) electrons. The van der Waals surface area contributed by atoms with Crippen molar-refractivity contribution in [3.8, 4) is 0 Å². The highest BCUT2D eigenvalue weighted by molar-refractivity contribution is 7.80. The average molecular weight is 445 g/mol. The van der Waals surface area contributed by atoms with Crippen molar-refractivity contribution in [3.63, 3.8) is 0 Å². The number of esters is 1. The van der Waals surface area contributed by atoms with E-state index < -0.39 is 0 Å². The molecule has 0 saturated carbocycles. The first kappa shape index (κ1) is 22.4. The number of carbonyl (C=O) groups is 2. The van der Waals surface area contributed by atoms with Gasteiger partial charge in [-0.15, -0.1) is 11.3 Å². The fourth-order valence-corrected chi connectivity index (χ4v) is 5.05. The largest absolute Gasteiger partial charge is 0.462 e. The Labute approximate surface area is 187 Å². The molecule has 160 valence electrons. The lowest BCUT2D eigenvalue weighted by Crippen LogP contribution is -2.34. The summed E-state index contributed by atoms with van der Waals surface area (Å²) in [4.78, 5) is 26.3. The van der Waals surface area contributed by atoms with Crippen molar-refractivity contribution >= 4 is 45.5 Å². The van der Waals surface area contributed by atoms with Crippen LogP contribution in [0.1, 0.15) is 77.3 Å². The maximum atomic E-state index is 12.6. The topological polar surface area (TPSA) is 67.4 Å². The van der Waals surface area contributed by atoms with Crippen LogP contribution < -0.4 is 10.6 Å². The van der Waals surface area contributed by atoms with Crippen LogP contribution in [-0.4, -0.2) is 23.6 Å². The van der Waals surface area contributed by atoms with Gasteiger partial charge in [-0.3, -0.25) is 10.1 Å². The minimum atomic E-state index is -0.341. The van der Waals surface area contributed by atoms with Crippen molar-refractivity contribution in [1.82, 2.24) is 5.32 Å². The van der Waals surface area contributed by atoms with Crippen LogP contribution in [0.2, 0.25) is 0 Å². The van der Waals surface area contributed by atoms with Gasteiger partial charge in [0.15, 0.2) is 5.11 Å². The van der Waals surface area contributed by atoms with Crippen molar-refractivity contribution < 1.29 is 14.3 Å². The lowest BCUT2D eigenvalue weighted by molar-refractivity contribution is 0.0526. The molecule has 2 aromatic rings. The van der Waals surface area contributed by atoms with E-state index in [0.29, 0.717) is 22.7 Å². The summed E-state index contributed by atoms with van der Waals surface area (Å²) in [7, 11) is 0. The lowest BCUT2D eigenvalue weighted by atomic mass is 9.87. The third-order valence-corrected chi connectivity index (χ3v) is 6.53. The number of rotatable bonds is 4. The molecule has 0 aliphatic heterocycles. The molecule has 1 aromatic carbocycles. The highest BCUT2D eigenvalue weighted by Crippen LogP contribution is 2.38. The predicted octanol–water partition coefficient (Wildman–Crippen LogP) is 5.23. The Hall–Kier alpha value is -2.25. The van der Waals surface area contributed by atoms with Crippen LogP contribution in [0.3, 0.4) is 0 Å². The SMILES string of the molecule is CCOC(=O)c1c(NC(=S)NC(=O)c2ccc(C(C)(C)C)cc2)sc2c1CCCC2. The van der Waals surface area contributed by atoms with Crippen LogP contribution in [0.15, 0.2) is 24.3 Å². The maximum Gasteiger partial charge on any atom is 0.341 e. The van der Waals surface area contributed by atoms with Gasteiger partial charge >= 0.3 is 5.97 Å². The number of anilines is 1. The van der Waals surface area contributed by atoms with Gasteiger partial charge in [-0.25, -0.2) is 4.79 Å². The Balaban J connectivity index is 1.73. The lowest BCUT2D eigenvalue weighted by Gasteiger charge is -2.19. The number of carbonyl (C=O) groups excluding carboxylic acids is 2. The summed E-state index contributed by atoms with van der Waals surface area (Å²) >= 11 is 6.88. The number of aryl methyl sites for hydroxylation is 1. The van der Waals surface area contributed by atoms with E-state index in [9.17, 15) is 9.59 Å². The monoisotopic (exact) mass is 444 g/mol. The van der Waals surface area contributed by atoms with E-state index in [2.05, 4.69) is 31.4 Å². The molecule has 1 aliphatic carbocycles. The summed E-state index contributed by atoms with van der Waals surface area (Å²) < 4.78 is 5.26. The Morgan fingerprint density at radius 2 is 1.80 bits per heavy atom. The van der Waals surface area contributed by atoms with Crippen molar-refractivity contribution in [1.29, 1.82) is 0 Å². The molecule has 5 nitrogen and oxygen atoms in total. The molecule has 3 rings (SSSR count). The first-order chi connectivity index (χ1) is 14.2. The molecule has 0 spiro atoms. The predicted molar refractivity (Wildman–Crippen MR) is 126 cm³/mol. The molecule has 0 unspecified atom stereocenters. The molecule has 1 aliphatic rings. The van der Waals surface area contributed by atoms with E-state index in [1.165, 1.54) is 16.2 Å². The zero-order chi connectivity index (χ0) is 21.9. The van der Waals surface area contributed by atoms with Gasteiger partial charge in [-0.2, -0.15) is 0 Å². The number of nitrogens with one attached hydrogen (secondary N) is 2. The summed E-state index contributed by atoms with van der Waals surface area (Å²) in [5.74, 6) is -0.627. The maximum absolute atomic E-state index is 12.6. The van der Waals surface area contributed by atoms with E-state index in [1.807, 2.05) is 12.1 Å². The number of fused-ring (bicyclic) bond motifs is 1. The Bertz CT molecular complexity index is 956. The normalized spacial score (nSPS) is 13.3. The fraction of sp³-hybridized carbons (Fsp3) is 0.435. The molecule has 1 amide bonds. The van der Waals surface area contributed by atoms with Crippen molar-refractivity contribution in [2.45, 2.75) is 58.8 Å². The minimum absolute atomic E-state index is 0.0215. The molecular weight excluding hydrogens is 416 g/mol. The molecule has 1 aromatic heterocycles. The van der Waals surface area contributed by atoms with Gasteiger partial charge in [0.05, 0.1) is 12.2 Å². The quantitative estimate of drug-likeness (QED) is 0.499. The van der Waals surface area contributed by atoms with Crippen LogP contribution in [0.5, 0.6) is 0 Å². The van der Waals surface area contributed by atoms with Crippen molar-refractivity contribution in [3.05, 3.63) is 51.4 Å². The van der Waals surface area contributed by atoms with Gasteiger partial charge in [-0.05, 0) is 73.5 Å². The van der Waals surface area contributed by atoms with E-state index in [-0.39, 0.29) is 22.4 Å². The first-order valence-electron chi connectivity index (χ1n) is 10.2. The number of ether oxygens (including phenoxy) is 1. The summed E-state index contributed by atoms with van der Waals surface area (Å²) in [5, 5.41) is 6.60. The molecule has 1 heterocycles. The zero-order valence-corrected chi connectivity index (χ0v) is 19.5. The van der Waals surface area contributed by atoms with E-state index in [4.69, 9.17) is 17.0 Å². The molecule has 0 saturated heterocycles. The van der Waals surface area contributed by atoms with Crippen LogP contribution in [0.25, 0.3) is 0 Å². The summed E-state index contributed by atoms with van der Waals surface area (Å²) in [6.45, 7) is 8.49. The van der Waals surface area contributed by atoms with Gasteiger partial charge in [-0.1, -0.05) is 32.9 Å². The summed E-state index contributed by atoms with van der Waals surface area (Å²) in [5.41, 5.74) is 3.32. The molecule has 2 N–H and O–H groups in total. The third-order valence-electron chi connectivity index (χ3n) is 5.12. The number of thiocarbonyl (C=S) groups is 1.